The van der Waals surface area contributed by atoms with Gasteiger partial charge in [-0.25, -0.2) is 8.42 Å². The molecule has 3 aromatic carbocycles. The first-order chi connectivity index (χ1) is 14.6. The van der Waals surface area contributed by atoms with Gasteiger partial charge in [-0.2, -0.15) is 0 Å². The molecule has 2 aliphatic rings. The number of sulfone groups is 1. The van der Waals surface area contributed by atoms with Crippen molar-refractivity contribution in [2.75, 3.05) is 18.8 Å². The Morgan fingerprint density at radius 1 is 0.767 bits per heavy atom. The van der Waals surface area contributed by atoms with E-state index in [-0.39, 0.29) is 22.3 Å². The van der Waals surface area contributed by atoms with Crippen LogP contribution in [0.5, 0.6) is 0 Å². The third-order valence-electron chi connectivity index (χ3n) is 7.04. The minimum Gasteiger partial charge on any atom is -0.297 e. The Morgan fingerprint density at radius 3 is 1.87 bits per heavy atom. The predicted molar refractivity (Wildman–Crippen MR) is 121 cm³/mol. The molecule has 4 heteroatoms. The number of benzene rings is 3. The van der Waals surface area contributed by atoms with Gasteiger partial charge in [0, 0.05) is 31.0 Å². The van der Waals surface area contributed by atoms with Gasteiger partial charge in [0.15, 0.2) is 9.84 Å². The smallest absolute Gasteiger partial charge is 0.154 e. The molecule has 0 saturated carbocycles. The van der Waals surface area contributed by atoms with Gasteiger partial charge in [-0.1, -0.05) is 91.0 Å². The summed E-state index contributed by atoms with van der Waals surface area (Å²) in [6.07, 6.45) is 0.643. The summed E-state index contributed by atoms with van der Waals surface area (Å²) in [4.78, 5) is 2.34. The summed E-state index contributed by atoms with van der Waals surface area (Å²) in [5.74, 6) is 0.293. The molecule has 5 rings (SSSR count). The van der Waals surface area contributed by atoms with Crippen LogP contribution in [0.1, 0.15) is 23.1 Å². The van der Waals surface area contributed by atoms with Crippen molar-refractivity contribution in [3.63, 3.8) is 0 Å². The molecule has 0 radical (unpaired) electrons. The van der Waals surface area contributed by atoms with Gasteiger partial charge < -0.3 is 0 Å². The van der Waals surface area contributed by atoms with Crippen LogP contribution in [0.2, 0.25) is 0 Å². The van der Waals surface area contributed by atoms with Gasteiger partial charge in [-0.05, 0) is 23.1 Å². The van der Waals surface area contributed by atoms with Gasteiger partial charge in [0.1, 0.15) is 0 Å². The average molecular weight is 418 g/mol. The van der Waals surface area contributed by atoms with Crippen molar-refractivity contribution in [2.24, 2.45) is 5.92 Å². The van der Waals surface area contributed by atoms with E-state index in [0.29, 0.717) is 13.0 Å². The summed E-state index contributed by atoms with van der Waals surface area (Å²) in [6, 6.07) is 31.5. The molecule has 2 heterocycles. The minimum atomic E-state index is -3.11. The van der Waals surface area contributed by atoms with Crippen molar-refractivity contribution < 1.29 is 8.42 Å². The maximum atomic E-state index is 13.2. The van der Waals surface area contributed by atoms with Crippen molar-refractivity contribution in [1.82, 2.24) is 4.90 Å². The molecule has 3 aromatic rings. The SMILES string of the molecule is O=S1(=O)CCC(c2ccccc2)(c2ccccc2)C2CN(Cc3ccccc3)CC21. The largest absolute Gasteiger partial charge is 0.297 e. The molecular weight excluding hydrogens is 390 g/mol. The quantitative estimate of drug-likeness (QED) is 0.635. The molecule has 0 bridgehead atoms. The second-order valence-corrected chi connectivity index (χ2v) is 11.0. The summed E-state index contributed by atoms with van der Waals surface area (Å²) in [5, 5.41) is -0.324. The van der Waals surface area contributed by atoms with E-state index in [0.717, 1.165) is 13.1 Å². The Bertz CT molecular complexity index is 1060. The van der Waals surface area contributed by atoms with E-state index in [1.807, 2.05) is 30.3 Å². The zero-order valence-electron chi connectivity index (χ0n) is 17.0. The van der Waals surface area contributed by atoms with Crippen molar-refractivity contribution in [3.05, 3.63) is 108 Å². The van der Waals surface area contributed by atoms with Crippen LogP contribution in [0.25, 0.3) is 0 Å². The zero-order chi connectivity index (χ0) is 20.6. The summed E-state index contributed by atoms with van der Waals surface area (Å²) in [5.41, 5.74) is 3.44. The van der Waals surface area contributed by atoms with E-state index in [1.165, 1.54) is 16.7 Å². The van der Waals surface area contributed by atoms with Crippen LogP contribution in [0.3, 0.4) is 0 Å². The highest BCUT2D eigenvalue weighted by Gasteiger charge is 2.56. The van der Waals surface area contributed by atoms with Gasteiger partial charge in [-0.15, -0.1) is 0 Å². The lowest BCUT2D eigenvalue weighted by Gasteiger charge is -2.46. The molecule has 2 unspecified atom stereocenters. The molecule has 154 valence electrons. The third-order valence-corrected chi connectivity index (χ3v) is 9.22. The topological polar surface area (TPSA) is 37.4 Å². The maximum absolute atomic E-state index is 13.2. The molecule has 2 fully saturated rings. The van der Waals surface area contributed by atoms with Gasteiger partial charge in [-0.3, -0.25) is 4.90 Å². The molecule has 3 nitrogen and oxygen atoms in total. The molecule has 0 spiro atoms. The molecule has 2 atom stereocenters. The zero-order valence-corrected chi connectivity index (χ0v) is 17.8. The van der Waals surface area contributed by atoms with Gasteiger partial charge in [0.2, 0.25) is 0 Å². The fraction of sp³-hybridized carbons (Fsp3) is 0.308. The van der Waals surface area contributed by atoms with Crippen LogP contribution in [0.4, 0.5) is 0 Å². The Morgan fingerprint density at radius 2 is 1.30 bits per heavy atom. The summed E-state index contributed by atoms with van der Waals surface area (Å²) in [7, 11) is -3.11. The van der Waals surface area contributed by atoms with Crippen LogP contribution in [0, 0.1) is 5.92 Å². The Kier molecular flexibility index (Phi) is 5.00. The number of rotatable bonds is 4. The van der Waals surface area contributed by atoms with E-state index in [4.69, 9.17) is 0 Å². The van der Waals surface area contributed by atoms with E-state index >= 15 is 0 Å². The first-order valence-corrected chi connectivity index (χ1v) is 12.4. The first-order valence-electron chi connectivity index (χ1n) is 10.7. The molecule has 2 aliphatic heterocycles. The van der Waals surface area contributed by atoms with Gasteiger partial charge in [0.05, 0.1) is 11.0 Å². The number of fused-ring (bicyclic) bond motifs is 1. The Hall–Kier alpha value is -2.43. The van der Waals surface area contributed by atoms with Gasteiger partial charge in [0.25, 0.3) is 0 Å². The normalized spacial score (nSPS) is 24.9. The predicted octanol–water partition coefficient (Wildman–Crippen LogP) is 4.29. The number of hydrogen-bond acceptors (Lipinski definition) is 3. The van der Waals surface area contributed by atoms with Gasteiger partial charge >= 0.3 is 0 Å². The minimum absolute atomic E-state index is 0.0461. The Balaban J connectivity index is 1.60. The maximum Gasteiger partial charge on any atom is 0.154 e. The lowest BCUT2D eigenvalue weighted by atomic mass is 9.63. The summed E-state index contributed by atoms with van der Waals surface area (Å²) in [6.45, 7) is 2.20. The fourth-order valence-electron chi connectivity index (χ4n) is 5.65. The molecule has 2 saturated heterocycles. The standard InChI is InChI=1S/C26H27NO2S/c28-30(29)17-16-26(22-12-6-2-7-13-22,23-14-8-3-9-15-23)24-19-27(20-25(24)30)18-21-10-4-1-5-11-21/h1-15,24-25H,16-20H2. The van der Waals surface area contributed by atoms with Crippen molar-refractivity contribution in [2.45, 2.75) is 23.6 Å². The monoisotopic (exact) mass is 417 g/mol. The second kappa shape index (κ2) is 7.68. The van der Waals surface area contributed by atoms with Crippen LogP contribution >= 0.6 is 0 Å². The first kappa shape index (κ1) is 19.5. The lowest BCUT2D eigenvalue weighted by Crippen LogP contribution is -2.51. The molecule has 0 amide bonds. The second-order valence-electron chi connectivity index (χ2n) is 8.65. The van der Waals surface area contributed by atoms with Crippen LogP contribution in [-0.2, 0) is 21.8 Å². The third kappa shape index (κ3) is 3.28. The molecular formula is C26H27NO2S. The summed E-state index contributed by atoms with van der Waals surface area (Å²) < 4.78 is 26.4. The van der Waals surface area contributed by atoms with Crippen molar-refractivity contribution in [1.29, 1.82) is 0 Å². The van der Waals surface area contributed by atoms with Crippen molar-refractivity contribution in [3.8, 4) is 0 Å². The Labute approximate surface area is 179 Å². The molecule has 30 heavy (non-hydrogen) atoms. The number of hydrogen-bond donors (Lipinski definition) is 0. The van der Waals surface area contributed by atoms with E-state index in [9.17, 15) is 8.42 Å². The summed E-state index contributed by atoms with van der Waals surface area (Å²) >= 11 is 0. The number of nitrogens with zero attached hydrogens (tertiary/aromatic N) is 1. The molecule has 0 aliphatic carbocycles. The highest BCUT2D eigenvalue weighted by molar-refractivity contribution is 7.92. The highest BCUT2D eigenvalue weighted by atomic mass is 32.2. The average Bonchev–Trinajstić information content (AvgIpc) is 3.22. The van der Waals surface area contributed by atoms with E-state index < -0.39 is 9.84 Å². The lowest BCUT2D eigenvalue weighted by molar-refractivity contribution is 0.266. The molecule has 0 N–H and O–H groups in total. The molecule has 0 aromatic heterocycles. The van der Waals surface area contributed by atoms with Crippen LogP contribution in [-0.4, -0.2) is 37.4 Å². The van der Waals surface area contributed by atoms with E-state index in [2.05, 4.69) is 65.6 Å². The van der Waals surface area contributed by atoms with Crippen LogP contribution in [0.15, 0.2) is 91.0 Å². The fourth-order valence-corrected chi connectivity index (χ4v) is 7.82. The van der Waals surface area contributed by atoms with Crippen LogP contribution < -0.4 is 0 Å². The van der Waals surface area contributed by atoms with E-state index in [1.54, 1.807) is 0 Å². The number of likely N-dealkylation sites (tertiary alicyclic amines) is 1. The van der Waals surface area contributed by atoms with Crippen molar-refractivity contribution >= 4 is 9.84 Å². The highest BCUT2D eigenvalue weighted by Crippen LogP contribution is 2.51.